The van der Waals surface area contributed by atoms with E-state index in [1.54, 1.807) is 40.1 Å². The highest BCUT2D eigenvalue weighted by Gasteiger charge is 2.62. The number of pyridine rings is 1. The van der Waals surface area contributed by atoms with Gasteiger partial charge in [0, 0.05) is 29.3 Å². The SMILES string of the molecule is C=C[C@@H]1C[C@]1(NC(=O)[C@@H]1C[C@@H](Oc2nccc3c(OC)cccc23)CN1C(=O)OC(C)(C)C)C(=O)NS(=O)(=O)C1CC1. The quantitative estimate of drug-likeness (QED) is 0.414. The van der Waals surface area contributed by atoms with E-state index in [0.717, 1.165) is 5.39 Å². The highest BCUT2D eigenvalue weighted by atomic mass is 32.2. The Morgan fingerprint density at radius 1 is 1.17 bits per heavy atom. The number of ether oxygens (including phenoxy) is 3. The molecule has 4 atom stereocenters. The second-order valence-electron chi connectivity index (χ2n) is 12.0. The molecule has 1 aliphatic heterocycles. The summed E-state index contributed by atoms with van der Waals surface area (Å²) in [4.78, 5) is 45.8. The third-order valence-corrected chi connectivity index (χ3v) is 9.49. The number of fused-ring (bicyclic) bond motifs is 1. The van der Waals surface area contributed by atoms with Gasteiger partial charge in [0.1, 0.15) is 29.0 Å². The number of carbonyl (C=O) groups is 3. The topological polar surface area (TPSA) is 153 Å². The molecule has 2 aromatic rings. The first kappa shape index (κ1) is 29.6. The average molecular weight is 601 g/mol. The molecule has 0 radical (unpaired) electrons. The van der Waals surface area contributed by atoms with Crippen LogP contribution in [0.2, 0.25) is 0 Å². The maximum Gasteiger partial charge on any atom is 0.411 e. The van der Waals surface area contributed by atoms with Crippen molar-refractivity contribution in [2.75, 3.05) is 13.7 Å². The van der Waals surface area contributed by atoms with Crippen LogP contribution in [0.5, 0.6) is 11.6 Å². The van der Waals surface area contributed by atoms with Crippen LogP contribution < -0.4 is 19.5 Å². The van der Waals surface area contributed by atoms with Crippen LogP contribution in [0.15, 0.2) is 43.1 Å². The van der Waals surface area contributed by atoms with E-state index in [9.17, 15) is 22.8 Å². The van der Waals surface area contributed by atoms with Gasteiger partial charge in [-0.2, -0.15) is 0 Å². The van der Waals surface area contributed by atoms with Crippen molar-refractivity contribution in [2.45, 2.75) is 75.0 Å². The Labute approximate surface area is 244 Å². The fourth-order valence-electron chi connectivity index (χ4n) is 5.25. The van der Waals surface area contributed by atoms with E-state index in [4.69, 9.17) is 14.2 Å². The molecule has 1 aromatic heterocycles. The molecule has 42 heavy (non-hydrogen) atoms. The summed E-state index contributed by atoms with van der Waals surface area (Å²) >= 11 is 0. The number of benzene rings is 1. The summed E-state index contributed by atoms with van der Waals surface area (Å²) in [7, 11) is -2.26. The molecule has 1 aromatic carbocycles. The molecule has 12 nitrogen and oxygen atoms in total. The molecule has 3 aliphatic rings. The number of nitrogens with one attached hydrogen (secondary N) is 2. The standard InChI is InChI=1S/C29H36N4O8S/c1-6-17-15-29(17,26(35)32-42(37,38)19-10-11-19)31-24(34)22-14-18(16-33(22)27(36)41-28(2,3)4)40-25-21-8-7-9-23(39-5)20(21)12-13-30-25/h6-9,12-13,17-19,22H,1,10-11,14-16H2,2-5H3,(H,31,34)(H,32,35)/t17-,18-,22+,29-/m1/s1. The van der Waals surface area contributed by atoms with Gasteiger partial charge in [-0.1, -0.05) is 12.1 Å². The number of methoxy groups -OCH3 is 1. The molecule has 2 N–H and O–H groups in total. The van der Waals surface area contributed by atoms with Gasteiger partial charge in [0.15, 0.2) is 0 Å². The van der Waals surface area contributed by atoms with Gasteiger partial charge >= 0.3 is 6.09 Å². The van der Waals surface area contributed by atoms with Crippen molar-refractivity contribution in [3.05, 3.63) is 43.1 Å². The maximum absolute atomic E-state index is 13.7. The number of hydrogen-bond acceptors (Lipinski definition) is 9. The van der Waals surface area contributed by atoms with Crippen molar-refractivity contribution < 1.29 is 37.0 Å². The first-order valence-corrected chi connectivity index (χ1v) is 15.4. The second kappa shape index (κ2) is 10.8. The lowest BCUT2D eigenvalue weighted by Crippen LogP contribution is -2.56. The summed E-state index contributed by atoms with van der Waals surface area (Å²) in [5.74, 6) is -0.933. The minimum absolute atomic E-state index is 0.0230. The zero-order valence-corrected chi connectivity index (χ0v) is 24.9. The number of aromatic nitrogens is 1. The summed E-state index contributed by atoms with van der Waals surface area (Å²) in [6, 6.07) is 6.23. The van der Waals surface area contributed by atoms with E-state index in [0.29, 0.717) is 29.9 Å². The number of rotatable bonds is 9. The van der Waals surface area contributed by atoms with Crippen LogP contribution >= 0.6 is 0 Å². The van der Waals surface area contributed by atoms with Gasteiger partial charge in [-0.15, -0.1) is 6.58 Å². The third-order valence-electron chi connectivity index (χ3n) is 7.67. The van der Waals surface area contributed by atoms with Gasteiger partial charge in [0.25, 0.3) is 5.91 Å². The summed E-state index contributed by atoms with van der Waals surface area (Å²) < 4.78 is 44.3. The molecule has 2 aliphatic carbocycles. The van der Waals surface area contributed by atoms with Crippen LogP contribution in [0.25, 0.3) is 10.8 Å². The van der Waals surface area contributed by atoms with E-state index in [1.165, 1.54) is 11.0 Å². The van der Waals surface area contributed by atoms with Gasteiger partial charge in [-0.3, -0.25) is 19.2 Å². The summed E-state index contributed by atoms with van der Waals surface area (Å²) in [6.45, 7) is 8.91. The number of carbonyl (C=O) groups excluding carboxylic acids is 3. The largest absolute Gasteiger partial charge is 0.496 e. The zero-order chi connectivity index (χ0) is 30.4. The first-order chi connectivity index (χ1) is 19.8. The Balaban J connectivity index is 1.38. The highest BCUT2D eigenvalue weighted by molar-refractivity contribution is 7.91. The predicted octanol–water partition coefficient (Wildman–Crippen LogP) is 2.67. The van der Waals surface area contributed by atoms with Gasteiger partial charge in [0.05, 0.1) is 18.9 Å². The molecule has 3 fully saturated rings. The molecule has 2 heterocycles. The molecule has 0 unspecified atom stereocenters. The van der Waals surface area contributed by atoms with E-state index < -0.39 is 62.4 Å². The molecule has 0 bridgehead atoms. The van der Waals surface area contributed by atoms with E-state index in [1.807, 2.05) is 18.2 Å². The number of amides is 3. The zero-order valence-electron chi connectivity index (χ0n) is 24.1. The molecule has 1 saturated heterocycles. The fourth-order valence-corrected chi connectivity index (χ4v) is 6.62. The van der Waals surface area contributed by atoms with Gasteiger partial charge in [0.2, 0.25) is 21.8 Å². The Morgan fingerprint density at radius 2 is 1.90 bits per heavy atom. The normalized spacial score (nSPS) is 25.4. The summed E-state index contributed by atoms with van der Waals surface area (Å²) in [5.41, 5.74) is -2.30. The highest BCUT2D eigenvalue weighted by Crippen LogP contribution is 2.45. The van der Waals surface area contributed by atoms with Crippen LogP contribution in [0.3, 0.4) is 0 Å². The molecular weight excluding hydrogens is 564 g/mol. The van der Waals surface area contributed by atoms with Gasteiger partial charge in [-0.25, -0.2) is 18.2 Å². The molecule has 5 rings (SSSR count). The number of likely N-dealkylation sites (tertiary alicyclic amines) is 1. The molecule has 226 valence electrons. The molecule has 13 heteroatoms. The Bertz CT molecular complexity index is 1530. The minimum atomic E-state index is -3.83. The first-order valence-electron chi connectivity index (χ1n) is 13.9. The van der Waals surface area contributed by atoms with Gasteiger partial charge in [-0.05, 0) is 58.2 Å². The van der Waals surface area contributed by atoms with Crippen molar-refractivity contribution in [1.82, 2.24) is 19.9 Å². The minimum Gasteiger partial charge on any atom is -0.496 e. The summed E-state index contributed by atoms with van der Waals surface area (Å²) in [6.07, 6.45) is 3.00. The summed E-state index contributed by atoms with van der Waals surface area (Å²) in [5, 5.41) is 3.63. The fraction of sp³-hybridized carbons (Fsp3) is 0.517. The lowest BCUT2D eigenvalue weighted by atomic mass is 10.1. The smallest absolute Gasteiger partial charge is 0.411 e. The average Bonchev–Trinajstić information content (AvgIpc) is 3.84. The molecule has 0 spiro atoms. The Hall–Kier alpha value is -3.87. The number of nitrogens with zero attached hydrogens (tertiary/aromatic N) is 2. The van der Waals surface area contributed by atoms with Crippen molar-refractivity contribution in [1.29, 1.82) is 0 Å². The third kappa shape index (κ3) is 5.87. The van der Waals surface area contributed by atoms with E-state index in [2.05, 4.69) is 21.6 Å². The van der Waals surface area contributed by atoms with Crippen molar-refractivity contribution in [3.8, 4) is 11.6 Å². The van der Waals surface area contributed by atoms with Crippen LogP contribution in [0, 0.1) is 5.92 Å². The van der Waals surface area contributed by atoms with E-state index in [-0.39, 0.29) is 19.4 Å². The van der Waals surface area contributed by atoms with Crippen LogP contribution in [-0.2, 0) is 24.3 Å². The maximum atomic E-state index is 13.7. The van der Waals surface area contributed by atoms with Crippen molar-refractivity contribution in [3.63, 3.8) is 0 Å². The van der Waals surface area contributed by atoms with Crippen molar-refractivity contribution in [2.24, 2.45) is 5.92 Å². The van der Waals surface area contributed by atoms with E-state index >= 15 is 0 Å². The Kier molecular flexibility index (Phi) is 7.58. The number of sulfonamides is 1. The lowest BCUT2D eigenvalue weighted by molar-refractivity contribution is -0.131. The monoisotopic (exact) mass is 600 g/mol. The predicted molar refractivity (Wildman–Crippen MR) is 153 cm³/mol. The Morgan fingerprint density at radius 3 is 2.52 bits per heavy atom. The molecular formula is C29H36N4O8S. The van der Waals surface area contributed by atoms with Crippen LogP contribution in [0.1, 0.15) is 46.5 Å². The van der Waals surface area contributed by atoms with Crippen LogP contribution in [0.4, 0.5) is 4.79 Å². The number of hydrogen-bond donors (Lipinski definition) is 2. The van der Waals surface area contributed by atoms with Gasteiger partial charge < -0.3 is 19.5 Å². The van der Waals surface area contributed by atoms with Crippen LogP contribution in [-0.4, -0.2) is 78.4 Å². The van der Waals surface area contributed by atoms with Crippen molar-refractivity contribution >= 4 is 38.7 Å². The lowest BCUT2D eigenvalue weighted by Gasteiger charge is -2.29. The molecule has 2 saturated carbocycles. The molecule has 3 amide bonds. The second-order valence-corrected chi connectivity index (χ2v) is 13.9.